The molecule has 0 bridgehead atoms. The van der Waals surface area contributed by atoms with E-state index in [4.69, 9.17) is 4.74 Å². The molecule has 7 rings (SSSR count). The van der Waals surface area contributed by atoms with Crippen molar-refractivity contribution in [2.45, 2.75) is 24.4 Å². The van der Waals surface area contributed by atoms with Crippen LogP contribution in [0, 0.1) is 5.92 Å². The molecule has 0 aliphatic carbocycles. The van der Waals surface area contributed by atoms with Gasteiger partial charge in [0.1, 0.15) is 11.2 Å². The Morgan fingerprint density at radius 3 is 2.56 bits per heavy atom. The number of fused-ring (bicyclic) bond motifs is 8. The molecule has 3 aliphatic heterocycles. The van der Waals surface area contributed by atoms with Crippen LogP contribution in [0.2, 0.25) is 0 Å². The number of ketones is 2. The maximum Gasteiger partial charge on any atom is 0.238 e. The normalized spacial score (nSPS) is 24.3. The minimum absolute atomic E-state index is 0.162. The lowest BCUT2D eigenvalue weighted by Gasteiger charge is -2.38. The largest absolute Gasteiger partial charge is 0.497 e. The number of hydrogen-bond acceptors (Lipinski definition) is 5. The van der Waals surface area contributed by atoms with Gasteiger partial charge in [-0.15, -0.1) is 0 Å². The summed E-state index contributed by atoms with van der Waals surface area (Å²) < 4.78 is 5.40. The van der Waals surface area contributed by atoms with Crippen LogP contribution in [-0.4, -0.2) is 36.7 Å². The third-order valence-electron chi connectivity index (χ3n) is 8.59. The minimum Gasteiger partial charge on any atom is -0.497 e. The topological polar surface area (TPSA) is 75.7 Å². The van der Waals surface area contributed by atoms with E-state index in [2.05, 4.69) is 17.4 Å². The zero-order valence-corrected chi connectivity index (χ0v) is 21.5. The predicted molar refractivity (Wildman–Crippen MR) is 151 cm³/mol. The Hall–Kier alpha value is -4.71. The lowest BCUT2D eigenvalue weighted by Crippen LogP contribution is -2.51. The Kier molecular flexibility index (Phi) is 5.04. The van der Waals surface area contributed by atoms with E-state index in [1.54, 1.807) is 31.4 Å². The first kappa shape index (κ1) is 23.4. The van der Waals surface area contributed by atoms with Crippen LogP contribution in [0.5, 0.6) is 5.75 Å². The highest BCUT2D eigenvalue weighted by molar-refractivity contribution is 6.17. The quantitative estimate of drug-likeness (QED) is 0.369. The van der Waals surface area contributed by atoms with Gasteiger partial charge in [0.25, 0.3) is 0 Å². The van der Waals surface area contributed by atoms with Gasteiger partial charge in [0.05, 0.1) is 25.1 Å². The third kappa shape index (κ3) is 3.05. The van der Waals surface area contributed by atoms with Crippen LogP contribution in [0.3, 0.4) is 0 Å². The van der Waals surface area contributed by atoms with Gasteiger partial charge in [0.15, 0.2) is 11.6 Å². The van der Waals surface area contributed by atoms with Crippen LogP contribution < -0.4 is 15.0 Å². The summed E-state index contributed by atoms with van der Waals surface area (Å²) in [5, 5.41) is 5.19. The summed E-state index contributed by atoms with van der Waals surface area (Å²) in [5.74, 6) is -1.11. The summed E-state index contributed by atoms with van der Waals surface area (Å²) in [6, 6.07) is 25.2. The number of Topliss-reactive ketones (excluding diaryl/α,β-unsaturated/α-hetero) is 2. The molecule has 1 N–H and O–H groups in total. The number of hydrogen-bond donors (Lipinski definition) is 1. The van der Waals surface area contributed by atoms with Crippen LogP contribution in [0.25, 0.3) is 16.8 Å². The molecule has 0 aromatic heterocycles. The van der Waals surface area contributed by atoms with Crippen LogP contribution in [0.1, 0.15) is 28.4 Å². The van der Waals surface area contributed by atoms with Gasteiger partial charge >= 0.3 is 0 Å². The van der Waals surface area contributed by atoms with Gasteiger partial charge in [-0.3, -0.25) is 14.4 Å². The number of nitrogens with one attached hydrogen (secondary N) is 1. The van der Waals surface area contributed by atoms with Crippen molar-refractivity contribution in [1.29, 1.82) is 0 Å². The van der Waals surface area contributed by atoms with Crippen LogP contribution in [0.4, 0.5) is 11.4 Å². The van der Waals surface area contributed by atoms with Crippen molar-refractivity contribution in [2.75, 3.05) is 17.3 Å². The van der Waals surface area contributed by atoms with E-state index < -0.39 is 23.4 Å². The number of methoxy groups -OCH3 is 1. The van der Waals surface area contributed by atoms with Gasteiger partial charge in [0, 0.05) is 22.5 Å². The summed E-state index contributed by atoms with van der Waals surface area (Å²) in [5.41, 5.74) is 2.35. The van der Waals surface area contributed by atoms with E-state index in [-0.39, 0.29) is 17.5 Å². The average Bonchev–Trinajstić information content (AvgIpc) is 3.45. The Morgan fingerprint density at radius 2 is 1.74 bits per heavy atom. The molecule has 3 aliphatic rings. The van der Waals surface area contributed by atoms with Crippen molar-refractivity contribution >= 4 is 45.7 Å². The second kappa shape index (κ2) is 8.40. The zero-order valence-electron chi connectivity index (χ0n) is 21.5. The first-order valence-corrected chi connectivity index (χ1v) is 13.0. The van der Waals surface area contributed by atoms with Crippen LogP contribution in [-0.2, 0) is 15.0 Å². The summed E-state index contributed by atoms with van der Waals surface area (Å²) >= 11 is 0. The van der Waals surface area contributed by atoms with Gasteiger partial charge < -0.3 is 15.0 Å². The summed E-state index contributed by atoms with van der Waals surface area (Å²) in [7, 11) is 1.55. The van der Waals surface area contributed by atoms with E-state index >= 15 is 0 Å². The molecular formula is C33H26N2O4. The lowest BCUT2D eigenvalue weighted by atomic mass is 9.64. The number of amides is 1. The Bertz CT molecular complexity index is 1740. The van der Waals surface area contributed by atoms with Gasteiger partial charge in [-0.2, -0.15) is 0 Å². The minimum atomic E-state index is -1.30. The molecule has 39 heavy (non-hydrogen) atoms. The molecule has 6 heteroatoms. The molecule has 1 spiro atoms. The SMILES string of the molecule is COc1cccc(C(=O)[C@@H]2[C@@H](C(C)=O)N3c4ccc5ccccc5c4C=C[C@@H]3[C@@]23C(=O)Nc2ccccc23)c1. The number of nitrogens with zero attached hydrogens (tertiary/aromatic N) is 1. The molecule has 3 heterocycles. The summed E-state index contributed by atoms with van der Waals surface area (Å²) in [4.78, 5) is 44.4. The van der Waals surface area contributed by atoms with E-state index in [1.165, 1.54) is 6.92 Å². The van der Waals surface area contributed by atoms with Crippen molar-refractivity contribution in [3.63, 3.8) is 0 Å². The number of carbonyl (C=O) groups is 3. The molecule has 0 unspecified atom stereocenters. The van der Waals surface area contributed by atoms with E-state index in [9.17, 15) is 14.4 Å². The molecule has 1 fully saturated rings. The summed E-state index contributed by atoms with van der Waals surface area (Å²) in [6.45, 7) is 1.52. The van der Waals surface area contributed by atoms with Crippen molar-refractivity contribution in [3.05, 3.63) is 108 Å². The fraction of sp³-hybridized carbons (Fsp3) is 0.182. The molecule has 4 atom stereocenters. The second-order valence-corrected chi connectivity index (χ2v) is 10.4. The van der Waals surface area contributed by atoms with Crippen LogP contribution >= 0.6 is 0 Å². The molecule has 6 nitrogen and oxygen atoms in total. The van der Waals surface area contributed by atoms with Crippen molar-refractivity contribution in [2.24, 2.45) is 5.92 Å². The predicted octanol–water partition coefficient (Wildman–Crippen LogP) is 5.41. The first-order chi connectivity index (χ1) is 19.0. The smallest absolute Gasteiger partial charge is 0.238 e. The lowest BCUT2D eigenvalue weighted by molar-refractivity contribution is -0.122. The molecule has 0 radical (unpaired) electrons. The molecule has 1 saturated heterocycles. The van der Waals surface area contributed by atoms with Gasteiger partial charge in [0.2, 0.25) is 5.91 Å². The number of benzene rings is 4. The van der Waals surface area contributed by atoms with Gasteiger partial charge in [-0.25, -0.2) is 0 Å². The number of rotatable bonds is 4. The van der Waals surface area contributed by atoms with Crippen molar-refractivity contribution in [1.82, 2.24) is 0 Å². The monoisotopic (exact) mass is 514 g/mol. The first-order valence-electron chi connectivity index (χ1n) is 13.0. The second-order valence-electron chi connectivity index (χ2n) is 10.4. The molecule has 4 aromatic rings. The van der Waals surface area contributed by atoms with E-state index in [0.717, 1.165) is 27.6 Å². The van der Waals surface area contributed by atoms with Crippen molar-refractivity contribution in [3.8, 4) is 5.75 Å². The number of para-hydroxylation sites is 1. The van der Waals surface area contributed by atoms with E-state index in [0.29, 0.717) is 17.0 Å². The molecule has 192 valence electrons. The highest BCUT2D eigenvalue weighted by Gasteiger charge is 2.69. The standard InChI is InChI=1S/C33H26N2O4/c1-19(36)30-29(31(37)21-9-7-10-22(18-21)39-2)33(25-12-5-6-13-26(25)34-32(33)38)28-17-15-24-23-11-4-3-8-20(23)14-16-27(24)35(28)30/h3-18,28-30H,1-2H3,(H,34,38)/t28-,29+,30-,33-/m1/s1. The van der Waals surface area contributed by atoms with Crippen LogP contribution in [0.15, 0.2) is 91.0 Å². The van der Waals surface area contributed by atoms with Gasteiger partial charge in [-0.05, 0) is 47.5 Å². The van der Waals surface area contributed by atoms with E-state index in [1.807, 2.05) is 65.6 Å². The molecule has 0 saturated carbocycles. The van der Waals surface area contributed by atoms with Gasteiger partial charge in [-0.1, -0.05) is 72.8 Å². The highest BCUT2D eigenvalue weighted by Crippen LogP contribution is 2.58. The Balaban J connectivity index is 1.53. The van der Waals surface area contributed by atoms with Crippen molar-refractivity contribution < 1.29 is 19.1 Å². The number of anilines is 2. The number of carbonyl (C=O) groups excluding carboxylic acids is 3. The molecule has 1 amide bonds. The number of ether oxygens (including phenoxy) is 1. The average molecular weight is 515 g/mol. The maximum atomic E-state index is 14.6. The molecule has 4 aromatic carbocycles. The zero-order chi connectivity index (χ0) is 26.9. The fourth-order valence-electron chi connectivity index (χ4n) is 7.04. The fourth-order valence-corrected chi connectivity index (χ4v) is 7.04. The Morgan fingerprint density at radius 1 is 0.949 bits per heavy atom. The Labute approximate surface area is 225 Å². The highest BCUT2D eigenvalue weighted by atomic mass is 16.5. The molecular weight excluding hydrogens is 488 g/mol. The maximum absolute atomic E-state index is 14.6. The third-order valence-corrected chi connectivity index (χ3v) is 8.59. The summed E-state index contributed by atoms with van der Waals surface area (Å²) in [6.07, 6.45) is 4.05.